The van der Waals surface area contributed by atoms with Crippen LogP contribution in [0.3, 0.4) is 0 Å². The Kier molecular flexibility index (Phi) is 2.89. The third-order valence-corrected chi connectivity index (χ3v) is 6.86. The smallest absolute Gasteiger partial charge is 0.294 e. The van der Waals surface area contributed by atoms with Gasteiger partial charge in [0.05, 0.1) is 17.1 Å². The number of amides is 1. The van der Waals surface area contributed by atoms with Crippen molar-refractivity contribution in [2.75, 3.05) is 4.90 Å². The number of nitrogens with zero attached hydrogens (tertiary/aromatic N) is 5. The molecule has 1 fully saturated rings. The van der Waals surface area contributed by atoms with Crippen molar-refractivity contribution in [1.29, 1.82) is 0 Å². The average Bonchev–Trinajstić information content (AvgIpc) is 3.33. The number of benzene rings is 1. The maximum Gasteiger partial charge on any atom is 0.294 e. The Labute approximate surface area is 170 Å². The number of anilines is 1. The molecule has 1 N–H and O–H groups in total. The Morgan fingerprint density at radius 2 is 2.00 bits per heavy atom. The number of aryl methyl sites for hydroxylation is 1. The van der Waals surface area contributed by atoms with Gasteiger partial charge in [0, 0.05) is 24.1 Å². The summed E-state index contributed by atoms with van der Waals surface area (Å²) in [4.78, 5) is 35.1. The van der Waals surface area contributed by atoms with E-state index in [4.69, 9.17) is 0 Å². The van der Waals surface area contributed by atoms with Crippen LogP contribution in [-0.2, 0) is 6.42 Å². The summed E-state index contributed by atoms with van der Waals surface area (Å²) >= 11 is 0. The predicted octanol–water partition coefficient (Wildman–Crippen LogP) is 2.80. The maximum atomic E-state index is 13.3. The van der Waals surface area contributed by atoms with E-state index >= 15 is 0 Å². The predicted molar refractivity (Wildman–Crippen MR) is 110 cm³/mol. The largest absolute Gasteiger partial charge is 0.317 e. The molecule has 1 unspecified atom stereocenters. The van der Waals surface area contributed by atoms with Crippen molar-refractivity contribution in [3.05, 3.63) is 62.8 Å². The Hall–Kier alpha value is -3.55. The molecule has 4 aromatic rings. The molecule has 0 radical (unpaired) electrons. The molecular formula is C22H18N6O2. The highest BCUT2D eigenvalue weighted by Crippen LogP contribution is 2.47. The third-order valence-electron chi connectivity index (χ3n) is 6.86. The van der Waals surface area contributed by atoms with Crippen molar-refractivity contribution in [1.82, 2.24) is 24.6 Å². The van der Waals surface area contributed by atoms with Gasteiger partial charge in [-0.15, -0.1) is 10.2 Å². The number of nitrogens with one attached hydrogen (secondary N) is 1. The summed E-state index contributed by atoms with van der Waals surface area (Å²) in [5.74, 6) is 1.87. The number of H-pyrrole nitrogens is 1. The zero-order valence-electron chi connectivity index (χ0n) is 16.3. The molecule has 0 saturated heterocycles. The second kappa shape index (κ2) is 5.33. The lowest BCUT2D eigenvalue weighted by Crippen LogP contribution is -2.24. The monoisotopic (exact) mass is 398 g/mol. The van der Waals surface area contributed by atoms with Gasteiger partial charge in [-0.05, 0) is 48.6 Å². The van der Waals surface area contributed by atoms with Gasteiger partial charge in [-0.1, -0.05) is 12.5 Å². The van der Waals surface area contributed by atoms with Crippen LogP contribution in [0.2, 0.25) is 0 Å². The molecule has 0 bridgehead atoms. The van der Waals surface area contributed by atoms with E-state index in [9.17, 15) is 9.59 Å². The number of aromatic amines is 1. The fourth-order valence-electron chi connectivity index (χ4n) is 5.19. The molecular weight excluding hydrogens is 380 g/mol. The number of aromatic nitrogens is 5. The SMILES string of the molecule is Cc1cnc2c(c1)CC1c3cc4c(cc3C(=O)N21)[nH]c(=O)c1nnc(C2CCC2)n14. The van der Waals surface area contributed by atoms with E-state index in [1.165, 1.54) is 6.42 Å². The van der Waals surface area contributed by atoms with Crippen molar-refractivity contribution >= 4 is 28.4 Å². The molecule has 30 heavy (non-hydrogen) atoms. The molecule has 8 heteroatoms. The van der Waals surface area contributed by atoms with E-state index in [-0.39, 0.29) is 17.5 Å². The summed E-state index contributed by atoms with van der Waals surface area (Å²) in [6, 6.07) is 5.90. The molecule has 2 aliphatic heterocycles. The Bertz CT molecular complexity index is 1480. The molecule has 1 aliphatic carbocycles. The summed E-state index contributed by atoms with van der Waals surface area (Å²) < 4.78 is 1.90. The molecule has 1 aromatic carbocycles. The van der Waals surface area contributed by atoms with E-state index < -0.39 is 0 Å². The first-order chi connectivity index (χ1) is 14.6. The number of hydrogen-bond donors (Lipinski definition) is 1. The molecule has 8 nitrogen and oxygen atoms in total. The van der Waals surface area contributed by atoms with Crippen LogP contribution in [0.4, 0.5) is 5.82 Å². The fraction of sp³-hybridized carbons (Fsp3) is 0.318. The molecule has 0 spiro atoms. The Balaban J connectivity index is 1.49. The number of carbonyl (C=O) groups excluding carboxylic acids is 1. The summed E-state index contributed by atoms with van der Waals surface area (Å²) in [7, 11) is 0. The summed E-state index contributed by atoms with van der Waals surface area (Å²) in [5, 5.41) is 8.52. The molecule has 3 aromatic heterocycles. The zero-order valence-corrected chi connectivity index (χ0v) is 16.3. The Morgan fingerprint density at radius 3 is 2.80 bits per heavy atom. The number of fused-ring (bicyclic) bond motifs is 8. The highest BCUT2D eigenvalue weighted by molar-refractivity contribution is 6.13. The number of hydrogen-bond acceptors (Lipinski definition) is 5. The van der Waals surface area contributed by atoms with Crippen molar-refractivity contribution in [3.8, 4) is 0 Å². The minimum Gasteiger partial charge on any atom is -0.317 e. The highest BCUT2D eigenvalue weighted by atomic mass is 16.2. The highest BCUT2D eigenvalue weighted by Gasteiger charge is 2.44. The van der Waals surface area contributed by atoms with Crippen LogP contribution < -0.4 is 10.5 Å². The molecule has 1 atom stereocenters. The van der Waals surface area contributed by atoms with Gasteiger partial charge in [-0.3, -0.25) is 18.9 Å². The summed E-state index contributed by atoms with van der Waals surface area (Å²) in [5.41, 5.74) is 5.33. The van der Waals surface area contributed by atoms with Crippen LogP contribution in [0.25, 0.3) is 16.7 Å². The van der Waals surface area contributed by atoms with Gasteiger partial charge in [0.1, 0.15) is 11.6 Å². The van der Waals surface area contributed by atoms with Crippen molar-refractivity contribution < 1.29 is 4.79 Å². The van der Waals surface area contributed by atoms with E-state index in [1.807, 2.05) is 23.5 Å². The maximum absolute atomic E-state index is 13.3. The quantitative estimate of drug-likeness (QED) is 0.532. The van der Waals surface area contributed by atoms with E-state index in [1.54, 1.807) is 11.1 Å². The normalized spacial score (nSPS) is 20.0. The number of pyridine rings is 1. The minimum absolute atomic E-state index is 0.0593. The lowest BCUT2D eigenvalue weighted by atomic mass is 9.85. The van der Waals surface area contributed by atoms with Crippen LogP contribution in [-0.4, -0.2) is 30.5 Å². The second-order valence-electron chi connectivity index (χ2n) is 8.65. The zero-order chi connectivity index (χ0) is 20.1. The Morgan fingerprint density at radius 1 is 1.13 bits per heavy atom. The van der Waals surface area contributed by atoms with Crippen LogP contribution in [0, 0.1) is 6.92 Å². The van der Waals surface area contributed by atoms with Gasteiger partial charge in [0.25, 0.3) is 11.5 Å². The molecule has 1 saturated carbocycles. The van der Waals surface area contributed by atoms with Gasteiger partial charge in [-0.2, -0.15) is 0 Å². The second-order valence-corrected chi connectivity index (χ2v) is 8.65. The number of carbonyl (C=O) groups is 1. The van der Waals surface area contributed by atoms with E-state index in [0.717, 1.165) is 53.1 Å². The average molecular weight is 398 g/mol. The summed E-state index contributed by atoms with van der Waals surface area (Å²) in [6.07, 6.45) is 5.85. The van der Waals surface area contributed by atoms with E-state index in [0.29, 0.717) is 22.6 Å². The first kappa shape index (κ1) is 16.3. The molecule has 1 amide bonds. The lowest BCUT2D eigenvalue weighted by molar-refractivity contribution is 0.0993. The van der Waals surface area contributed by atoms with E-state index in [2.05, 4.69) is 26.2 Å². The number of rotatable bonds is 1. The molecule has 148 valence electrons. The van der Waals surface area contributed by atoms with Crippen LogP contribution in [0.15, 0.2) is 29.2 Å². The van der Waals surface area contributed by atoms with Gasteiger partial charge < -0.3 is 4.98 Å². The lowest BCUT2D eigenvalue weighted by Gasteiger charge is -2.23. The van der Waals surface area contributed by atoms with Gasteiger partial charge in [0.15, 0.2) is 0 Å². The van der Waals surface area contributed by atoms with Gasteiger partial charge in [0.2, 0.25) is 5.65 Å². The van der Waals surface area contributed by atoms with Crippen molar-refractivity contribution in [3.63, 3.8) is 0 Å². The van der Waals surface area contributed by atoms with Crippen molar-refractivity contribution in [2.45, 2.75) is 44.6 Å². The van der Waals surface area contributed by atoms with Crippen LogP contribution in [0.5, 0.6) is 0 Å². The minimum atomic E-state index is -0.283. The fourth-order valence-corrected chi connectivity index (χ4v) is 5.19. The molecule has 3 aliphatic rings. The van der Waals surface area contributed by atoms with Crippen LogP contribution in [0.1, 0.15) is 64.1 Å². The standard InChI is InChI=1S/C22H18N6O2/c1-10-5-12-6-16-13-8-17-15(7-14(13)22(30)28(16)18(12)23-9-10)24-21(29)20-26-25-19(27(17)20)11-3-2-4-11/h5,7-9,11,16H,2-4,6H2,1H3,(H,24,29). The topological polar surface area (TPSA) is 96.2 Å². The van der Waals surface area contributed by atoms with Crippen LogP contribution >= 0.6 is 0 Å². The first-order valence-electron chi connectivity index (χ1n) is 10.3. The third kappa shape index (κ3) is 1.89. The van der Waals surface area contributed by atoms with Crippen molar-refractivity contribution in [2.24, 2.45) is 0 Å². The molecule has 5 heterocycles. The van der Waals surface area contributed by atoms with Gasteiger partial charge >= 0.3 is 0 Å². The van der Waals surface area contributed by atoms with Gasteiger partial charge in [-0.25, -0.2) is 4.98 Å². The summed E-state index contributed by atoms with van der Waals surface area (Å²) in [6.45, 7) is 2.01. The first-order valence-corrected chi connectivity index (χ1v) is 10.3. The molecule has 7 rings (SSSR count).